The Balaban J connectivity index is 4.34. The minimum Gasteiger partial charge on any atom is -0.418 e. The van der Waals surface area contributed by atoms with Crippen molar-refractivity contribution < 1.29 is 8.85 Å². The van der Waals surface area contributed by atoms with E-state index in [4.69, 9.17) is 8.85 Å². The summed E-state index contributed by atoms with van der Waals surface area (Å²) in [4.78, 5) is 0. The van der Waals surface area contributed by atoms with Gasteiger partial charge in [0.2, 0.25) is 0 Å². The normalized spacial score (nSPS) is 13.8. The van der Waals surface area contributed by atoms with Crippen molar-refractivity contribution in [2.75, 3.05) is 26.3 Å². The molecule has 3 nitrogen and oxygen atoms in total. The van der Waals surface area contributed by atoms with Crippen molar-refractivity contribution in [3.05, 3.63) is 0 Å². The van der Waals surface area contributed by atoms with Crippen LogP contribution in [0.25, 0.3) is 0 Å². The van der Waals surface area contributed by atoms with Gasteiger partial charge in [-0.15, -0.1) is 0 Å². The van der Waals surface area contributed by atoms with Gasteiger partial charge in [-0.25, -0.2) is 0 Å². The first-order valence-corrected chi connectivity index (χ1v) is 19.1. The lowest BCUT2D eigenvalue weighted by Crippen LogP contribution is -2.48. The second kappa shape index (κ2) is 10.5. The first kappa shape index (κ1) is 23.5. The average Bonchev–Trinajstić information content (AvgIpc) is 2.35. The molecule has 140 valence electrons. The lowest BCUT2D eigenvalue weighted by atomic mass is 10.4. The standard InChI is InChI=1S/C17H43NO2Si3/c1-10-19-22(6,7)16-12-14-18(21(3,4)5)15-13-17-23(8,9)20-11-2/h10-17H2,1-9H3. The van der Waals surface area contributed by atoms with Crippen molar-refractivity contribution >= 4 is 24.9 Å². The van der Waals surface area contributed by atoms with Gasteiger partial charge in [-0.1, -0.05) is 19.6 Å². The van der Waals surface area contributed by atoms with Crippen LogP contribution in [-0.2, 0) is 8.85 Å². The van der Waals surface area contributed by atoms with Crippen molar-refractivity contribution in [3.8, 4) is 0 Å². The molecular formula is C17H43NO2Si3. The minimum atomic E-state index is -1.43. The van der Waals surface area contributed by atoms with Gasteiger partial charge in [-0.2, -0.15) is 0 Å². The van der Waals surface area contributed by atoms with Crippen molar-refractivity contribution in [1.82, 2.24) is 4.57 Å². The molecule has 0 aliphatic heterocycles. The fourth-order valence-electron chi connectivity index (χ4n) is 3.10. The molecule has 0 aliphatic carbocycles. The number of rotatable bonds is 13. The summed E-state index contributed by atoms with van der Waals surface area (Å²) in [5, 5.41) is 0. The second-order valence-corrected chi connectivity index (χ2v) is 22.3. The van der Waals surface area contributed by atoms with E-state index < -0.39 is 24.9 Å². The van der Waals surface area contributed by atoms with E-state index in [1.807, 2.05) is 0 Å². The van der Waals surface area contributed by atoms with Gasteiger partial charge in [0.05, 0.1) is 0 Å². The van der Waals surface area contributed by atoms with Gasteiger partial charge in [0.15, 0.2) is 16.6 Å². The molecule has 0 spiro atoms. The van der Waals surface area contributed by atoms with E-state index in [-0.39, 0.29) is 0 Å². The van der Waals surface area contributed by atoms with Gasteiger partial charge < -0.3 is 13.4 Å². The summed E-state index contributed by atoms with van der Waals surface area (Å²) >= 11 is 0. The highest BCUT2D eigenvalue weighted by Crippen LogP contribution is 2.19. The Hall–Kier alpha value is 0.531. The van der Waals surface area contributed by atoms with Crippen LogP contribution in [-0.4, -0.2) is 55.7 Å². The highest BCUT2D eigenvalue weighted by atomic mass is 28.4. The zero-order chi connectivity index (χ0) is 18.1. The molecule has 0 unspecified atom stereocenters. The predicted molar refractivity (Wildman–Crippen MR) is 112 cm³/mol. The maximum absolute atomic E-state index is 5.97. The van der Waals surface area contributed by atoms with Crippen LogP contribution in [0.15, 0.2) is 0 Å². The van der Waals surface area contributed by atoms with Crippen molar-refractivity contribution in [3.63, 3.8) is 0 Å². The molecule has 0 saturated carbocycles. The van der Waals surface area contributed by atoms with Gasteiger partial charge in [0.1, 0.15) is 8.24 Å². The van der Waals surface area contributed by atoms with Crippen LogP contribution in [0.5, 0.6) is 0 Å². The van der Waals surface area contributed by atoms with Crippen molar-refractivity contribution in [2.24, 2.45) is 0 Å². The summed E-state index contributed by atoms with van der Waals surface area (Å²) in [6.45, 7) is 25.3. The highest BCUT2D eigenvalue weighted by Gasteiger charge is 2.27. The van der Waals surface area contributed by atoms with Gasteiger partial charge in [-0.05, 0) is 78.1 Å². The summed E-state index contributed by atoms with van der Waals surface area (Å²) in [7, 11) is -4.08. The molecule has 0 aromatic carbocycles. The van der Waals surface area contributed by atoms with E-state index in [1.54, 1.807) is 0 Å². The maximum atomic E-state index is 5.97. The molecule has 0 aromatic rings. The summed E-state index contributed by atoms with van der Waals surface area (Å²) < 4.78 is 14.7. The van der Waals surface area contributed by atoms with Crippen molar-refractivity contribution in [1.29, 1.82) is 0 Å². The predicted octanol–water partition coefficient (Wildman–Crippen LogP) is 5.39. The van der Waals surface area contributed by atoms with E-state index >= 15 is 0 Å². The molecule has 0 atom stereocenters. The highest BCUT2D eigenvalue weighted by molar-refractivity contribution is 6.73. The minimum absolute atomic E-state index is 0.869. The molecule has 0 heterocycles. The maximum Gasteiger partial charge on any atom is 0.186 e. The molecule has 0 fully saturated rings. The molecule has 23 heavy (non-hydrogen) atoms. The first-order chi connectivity index (χ1) is 10.4. The Bertz CT molecular complexity index is 293. The van der Waals surface area contributed by atoms with E-state index in [9.17, 15) is 0 Å². The smallest absolute Gasteiger partial charge is 0.186 e. The first-order valence-electron chi connectivity index (χ1n) is 9.46. The Morgan fingerprint density at radius 3 is 1.26 bits per heavy atom. The topological polar surface area (TPSA) is 21.7 Å². The molecule has 0 saturated heterocycles. The average molecular weight is 378 g/mol. The Labute approximate surface area is 149 Å². The summed E-state index contributed by atoms with van der Waals surface area (Å²) in [6, 6.07) is 2.56. The third-order valence-electron chi connectivity index (χ3n) is 4.43. The SMILES string of the molecule is CCO[Si](C)(C)CCCN(CCC[Si](C)(C)OCC)[Si](C)(C)C. The van der Waals surface area contributed by atoms with Crippen LogP contribution in [0.4, 0.5) is 0 Å². The molecular weight excluding hydrogens is 334 g/mol. The Kier molecular flexibility index (Phi) is 10.7. The molecule has 0 aromatic heterocycles. The zero-order valence-corrected chi connectivity index (χ0v) is 20.4. The fraction of sp³-hybridized carbons (Fsp3) is 1.00. The van der Waals surface area contributed by atoms with E-state index in [1.165, 1.54) is 38.0 Å². The monoisotopic (exact) mass is 377 g/mol. The zero-order valence-electron chi connectivity index (χ0n) is 17.4. The summed E-state index contributed by atoms with van der Waals surface area (Å²) in [6.07, 6.45) is 2.57. The summed E-state index contributed by atoms with van der Waals surface area (Å²) in [5.74, 6) is 0. The van der Waals surface area contributed by atoms with Crippen molar-refractivity contribution in [2.45, 2.75) is 84.6 Å². The lowest BCUT2D eigenvalue weighted by molar-refractivity contribution is 0.322. The summed E-state index contributed by atoms with van der Waals surface area (Å²) in [5.41, 5.74) is 0. The fourth-order valence-corrected chi connectivity index (χ4v) is 8.63. The van der Waals surface area contributed by atoms with E-state index in [0.29, 0.717) is 0 Å². The van der Waals surface area contributed by atoms with Gasteiger partial charge in [0, 0.05) is 13.2 Å². The lowest BCUT2D eigenvalue weighted by Gasteiger charge is -2.35. The molecule has 0 bridgehead atoms. The Morgan fingerprint density at radius 1 is 0.652 bits per heavy atom. The molecule has 0 radical (unpaired) electrons. The van der Waals surface area contributed by atoms with Crippen LogP contribution in [0.3, 0.4) is 0 Å². The van der Waals surface area contributed by atoms with Gasteiger partial charge in [0.25, 0.3) is 0 Å². The van der Waals surface area contributed by atoms with Crippen LogP contribution in [0.2, 0.25) is 57.9 Å². The quantitative estimate of drug-likeness (QED) is 0.402. The molecule has 0 rings (SSSR count). The van der Waals surface area contributed by atoms with Crippen LogP contribution < -0.4 is 0 Å². The molecule has 0 N–H and O–H groups in total. The molecule has 0 amide bonds. The van der Waals surface area contributed by atoms with Crippen LogP contribution in [0.1, 0.15) is 26.7 Å². The third-order valence-corrected chi connectivity index (χ3v) is 12.0. The van der Waals surface area contributed by atoms with Gasteiger partial charge in [-0.3, -0.25) is 0 Å². The third kappa shape index (κ3) is 11.7. The van der Waals surface area contributed by atoms with Crippen LogP contribution in [0, 0.1) is 0 Å². The molecule has 6 heteroatoms. The van der Waals surface area contributed by atoms with E-state index in [0.717, 1.165) is 13.2 Å². The number of hydrogen-bond acceptors (Lipinski definition) is 3. The number of hydrogen-bond donors (Lipinski definition) is 0. The van der Waals surface area contributed by atoms with E-state index in [2.05, 4.69) is 64.2 Å². The largest absolute Gasteiger partial charge is 0.418 e. The van der Waals surface area contributed by atoms with Crippen LogP contribution >= 0.6 is 0 Å². The van der Waals surface area contributed by atoms with Gasteiger partial charge >= 0.3 is 0 Å². The second-order valence-electron chi connectivity index (χ2n) is 8.75. The number of nitrogens with zero attached hydrogens (tertiary/aromatic N) is 1. The Morgan fingerprint density at radius 2 is 1.00 bits per heavy atom. The molecule has 0 aliphatic rings.